The molecule has 0 fully saturated rings. The summed E-state index contributed by atoms with van der Waals surface area (Å²) >= 11 is 7.40. The molecule has 1 aromatic heterocycles. The first-order valence-electron chi connectivity index (χ1n) is 5.73. The zero-order valence-corrected chi connectivity index (χ0v) is 12.2. The number of hydrogen-bond donors (Lipinski definition) is 2. The molecule has 0 saturated heterocycles. The van der Waals surface area contributed by atoms with Gasteiger partial charge in [-0.3, -0.25) is 4.79 Å². The minimum absolute atomic E-state index is 0.186. The van der Waals surface area contributed by atoms with Crippen molar-refractivity contribution in [3.63, 3.8) is 0 Å². The Balaban J connectivity index is 2.03. The molecule has 6 heteroatoms. The predicted octanol–water partition coefficient (Wildman–Crippen LogP) is 2.93. The second kappa shape index (κ2) is 5.59. The maximum Gasteiger partial charge on any atom is 0.251 e. The number of nitrogens with one attached hydrogen (secondary N) is 1. The van der Waals surface area contributed by atoms with Gasteiger partial charge in [0.2, 0.25) is 0 Å². The largest absolute Gasteiger partial charge is 0.398 e. The Kier molecular flexibility index (Phi) is 4.07. The first-order valence-corrected chi connectivity index (χ1v) is 6.93. The van der Waals surface area contributed by atoms with Crippen LogP contribution in [0.3, 0.4) is 0 Å². The van der Waals surface area contributed by atoms with Crippen molar-refractivity contribution in [2.24, 2.45) is 0 Å². The summed E-state index contributed by atoms with van der Waals surface area (Å²) in [5, 5.41) is 4.15. The Morgan fingerprint density at radius 2 is 2.21 bits per heavy atom. The van der Waals surface area contributed by atoms with E-state index >= 15 is 0 Å². The molecule has 0 aliphatic carbocycles. The summed E-state index contributed by atoms with van der Waals surface area (Å²) in [5.74, 6) is -0.186. The Hall–Kier alpha value is -1.59. The first kappa shape index (κ1) is 13.8. The molecule has 1 heterocycles. The van der Waals surface area contributed by atoms with Crippen LogP contribution >= 0.6 is 22.9 Å². The van der Waals surface area contributed by atoms with E-state index in [1.807, 2.05) is 13.8 Å². The maximum absolute atomic E-state index is 11.9. The van der Waals surface area contributed by atoms with Crippen LogP contribution in [0.2, 0.25) is 5.02 Å². The lowest BCUT2D eigenvalue weighted by Gasteiger charge is -2.05. The highest BCUT2D eigenvalue weighted by molar-refractivity contribution is 7.11. The Bertz CT molecular complexity index is 605. The number of carbonyl (C=O) groups excluding carboxylic acids is 1. The number of halogens is 1. The average molecular weight is 296 g/mol. The topological polar surface area (TPSA) is 68.0 Å². The van der Waals surface area contributed by atoms with Crippen LogP contribution in [0.4, 0.5) is 5.69 Å². The highest BCUT2D eigenvalue weighted by Gasteiger charge is 2.09. The van der Waals surface area contributed by atoms with Gasteiger partial charge in [-0.1, -0.05) is 11.6 Å². The number of carbonyl (C=O) groups is 1. The van der Waals surface area contributed by atoms with Crippen molar-refractivity contribution in [1.82, 2.24) is 10.3 Å². The minimum Gasteiger partial charge on any atom is -0.398 e. The van der Waals surface area contributed by atoms with Crippen LogP contribution in [-0.2, 0) is 6.54 Å². The zero-order valence-electron chi connectivity index (χ0n) is 10.7. The van der Waals surface area contributed by atoms with E-state index in [0.717, 1.165) is 10.7 Å². The average Bonchev–Trinajstić information content (AvgIpc) is 2.69. The van der Waals surface area contributed by atoms with Crippen LogP contribution in [0.25, 0.3) is 0 Å². The van der Waals surface area contributed by atoms with Gasteiger partial charge in [0, 0.05) is 10.4 Å². The zero-order chi connectivity index (χ0) is 14.0. The van der Waals surface area contributed by atoms with E-state index in [0.29, 0.717) is 22.8 Å². The SMILES string of the molecule is Cc1nc(CNC(=O)c2ccc(Cl)c(N)c2)sc1C. The van der Waals surface area contributed by atoms with Crippen LogP contribution < -0.4 is 11.1 Å². The summed E-state index contributed by atoms with van der Waals surface area (Å²) in [6.45, 7) is 4.38. The number of anilines is 1. The molecule has 2 aromatic rings. The molecule has 1 aromatic carbocycles. The third-order valence-corrected chi connectivity index (χ3v) is 4.15. The fourth-order valence-electron chi connectivity index (χ4n) is 1.56. The summed E-state index contributed by atoms with van der Waals surface area (Å²) in [6, 6.07) is 4.83. The first-order chi connectivity index (χ1) is 8.97. The molecule has 0 bridgehead atoms. The van der Waals surface area contributed by atoms with E-state index in [1.54, 1.807) is 29.5 Å². The molecule has 19 heavy (non-hydrogen) atoms. The molecule has 0 atom stereocenters. The molecule has 0 aliphatic heterocycles. The number of benzene rings is 1. The van der Waals surface area contributed by atoms with Gasteiger partial charge in [-0.15, -0.1) is 11.3 Å². The van der Waals surface area contributed by atoms with Gasteiger partial charge in [0.05, 0.1) is 22.9 Å². The fourth-order valence-corrected chi connectivity index (χ4v) is 2.55. The number of aromatic nitrogens is 1. The lowest BCUT2D eigenvalue weighted by molar-refractivity contribution is 0.0951. The summed E-state index contributed by atoms with van der Waals surface area (Å²) in [7, 11) is 0. The van der Waals surface area contributed by atoms with Crippen LogP contribution in [0.5, 0.6) is 0 Å². The van der Waals surface area contributed by atoms with Gasteiger partial charge in [-0.2, -0.15) is 0 Å². The minimum atomic E-state index is -0.186. The molecule has 100 valence electrons. The highest BCUT2D eigenvalue weighted by atomic mass is 35.5. The van der Waals surface area contributed by atoms with Gasteiger partial charge < -0.3 is 11.1 Å². The second-order valence-electron chi connectivity index (χ2n) is 4.17. The van der Waals surface area contributed by atoms with Gasteiger partial charge in [-0.25, -0.2) is 4.98 Å². The molecule has 0 radical (unpaired) electrons. The number of rotatable bonds is 3. The number of amides is 1. The standard InChI is InChI=1S/C13H14ClN3OS/c1-7-8(2)19-12(17-7)6-16-13(18)9-3-4-10(14)11(15)5-9/h3-5H,6,15H2,1-2H3,(H,16,18). The number of thiazole rings is 1. The van der Waals surface area contributed by atoms with Crippen molar-refractivity contribution >= 4 is 34.5 Å². The number of nitrogen functional groups attached to an aromatic ring is 1. The van der Waals surface area contributed by atoms with E-state index in [9.17, 15) is 4.79 Å². The lowest BCUT2D eigenvalue weighted by atomic mass is 10.2. The number of nitrogens with two attached hydrogens (primary N) is 1. The molecular formula is C13H14ClN3OS. The molecule has 0 saturated carbocycles. The lowest BCUT2D eigenvalue weighted by Crippen LogP contribution is -2.22. The van der Waals surface area contributed by atoms with Crippen molar-refractivity contribution in [3.8, 4) is 0 Å². The Labute approximate surface area is 120 Å². The van der Waals surface area contributed by atoms with E-state index in [1.165, 1.54) is 4.88 Å². The van der Waals surface area contributed by atoms with E-state index < -0.39 is 0 Å². The van der Waals surface area contributed by atoms with E-state index in [2.05, 4.69) is 10.3 Å². The maximum atomic E-state index is 11.9. The molecule has 2 rings (SSSR count). The second-order valence-corrected chi connectivity index (χ2v) is 5.86. The van der Waals surface area contributed by atoms with Gasteiger partial charge in [0.25, 0.3) is 5.91 Å². The van der Waals surface area contributed by atoms with E-state index in [-0.39, 0.29) is 5.91 Å². The van der Waals surface area contributed by atoms with Crippen molar-refractivity contribution in [3.05, 3.63) is 44.4 Å². The number of aryl methyl sites for hydroxylation is 2. The Morgan fingerprint density at radius 3 is 2.79 bits per heavy atom. The molecule has 4 nitrogen and oxygen atoms in total. The van der Waals surface area contributed by atoms with E-state index in [4.69, 9.17) is 17.3 Å². The summed E-state index contributed by atoms with van der Waals surface area (Å²) in [4.78, 5) is 17.5. The fraction of sp³-hybridized carbons (Fsp3) is 0.231. The third kappa shape index (κ3) is 3.24. The van der Waals surface area contributed by atoms with Gasteiger partial charge >= 0.3 is 0 Å². The number of hydrogen-bond acceptors (Lipinski definition) is 4. The highest BCUT2D eigenvalue weighted by Crippen LogP contribution is 2.20. The smallest absolute Gasteiger partial charge is 0.251 e. The normalized spacial score (nSPS) is 10.5. The van der Waals surface area contributed by atoms with Crippen LogP contribution in [-0.4, -0.2) is 10.9 Å². The van der Waals surface area contributed by atoms with Gasteiger partial charge in [0.1, 0.15) is 5.01 Å². The molecule has 1 amide bonds. The van der Waals surface area contributed by atoms with Gasteiger partial charge in [-0.05, 0) is 32.0 Å². The quantitative estimate of drug-likeness (QED) is 0.856. The third-order valence-electron chi connectivity index (χ3n) is 2.73. The molecule has 0 spiro atoms. The molecule has 0 aliphatic rings. The predicted molar refractivity (Wildman–Crippen MR) is 78.6 cm³/mol. The van der Waals surface area contributed by atoms with Crippen molar-refractivity contribution < 1.29 is 4.79 Å². The van der Waals surface area contributed by atoms with Crippen molar-refractivity contribution in [1.29, 1.82) is 0 Å². The molecule has 3 N–H and O–H groups in total. The monoisotopic (exact) mass is 295 g/mol. The van der Waals surface area contributed by atoms with Crippen LogP contribution in [0.15, 0.2) is 18.2 Å². The molecular weight excluding hydrogens is 282 g/mol. The number of nitrogens with zero attached hydrogens (tertiary/aromatic N) is 1. The van der Waals surface area contributed by atoms with Crippen LogP contribution in [0, 0.1) is 13.8 Å². The van der Waals surface area contributed by atoms with Crippen LogP contribution in [0.1, 0.15) is 25.9 Å². The Morgan fingerprint density at radius 1 is 1.47 bits per heavy atom. The van der Waals surface area contributed by atoms with Crippen molar-refractivity contribution in [2.45, 2.75) is 20.4 Å². The van der Waals surface area contributed by atoms with Gasteiger partial charge in [0.15, 0.2) is 0 Å². The summed E-state index contributed by atoms with van der Waals surface area (Å²) in [6.07, 6.45) is 0. The molecule has 0 unspecified atom stereocenters. The van der Waals surface area contributed by atoms with Crippen molar-refractivity contribution in [2.75, 3.05) is 5.73 Å². The summed E-state index contributed by atoms with van der Waals surface area (Å²) < 4.78 is 0. The summed E-state index contributed by atoms with van der Waals surface area (Å²) in [5.41, 5.74) is 7.56.